The predicted octanol–water partition coefficient (Wildman–Crippen LogP) is 2.62. The summed E-state index contributed by atoms with van der Waals surface area (Å²) in [7, 11) is 0. The number of nitrogens with zero attached hydrogens (tertiary/aromatic N) is 2. The number of furan rings is 1. The van der Waals surface area contributed by atoms with Crippen LogP contribution < -0.4 is 5.06 Å². The topological polar surface area (TPSA) is 96.8 Å². The third-order valence-corrected chi connectivity index (χ3v) is 2.45. The number of anilines is 1. The molecule has 0 fully saturated rings. The maximum absolute atomic E-state index is 11.7. The van der Waals surface area contributed by atoms with Crippen LogP contribution >= 0.6 is 0 Å². The van der Waals surface area contributed by atoms with Crippen molar-refractivity contribution in [2.24, 2.45) is 0 Å². The Morgan fingerprint density at radius 3 is 2.55 bits per heavy atom. The van der Waals surface area contributed by atoms with E-state index in [0.29, 0.717) is 10.8 Å². The first-order valence-electron chi connectivity index (χ1n) is 5.57. The predicted molar refractivity (Wildman–Crippen MR) is 70.1 cm³/mol. The van der Waals surface area contributed by atoms with Gasteiger partial charge in [-0.2, -0.15) is 5.06 Å². The second-order valence-electron chi connectivity index (χ2n) is 3.77. The molecule has 1 heterocycles. The Balaban J connectivity index is 2.08. The number of carbonyl (C=O) groups excluding carboxylic acids is 1. The van der Waals surface area contributed by atoms with Gasteiger partial charge < -0.3 is 4.42 Å². The van der Waals surface area contributed by atoms with Crippen molar-refractivity contribution in [3.63, 3.8) is 0 Å². The van der Waals surface area contributed by atoms with E-state index in [1.807, 2.05) is 0 Å². The fraction of sp³-hybridized carbons (Fsp3) is 0. The average molecular weight is 274 g/mol. The highest BCUT2D eigenvalue weighted by Crippen LogP contribution is 2.18. The quantitative estimate of drug-likeness (QED) is 0.400. The number of hydrogen-bond donors (Lipinski definition) is 1. The van der Waals surface area contributed by atoms with Crippen LogP contribution in [0.1, 0.15) is 5.76 Å². The molecular weight excluding hydrogens is 264 g/mol. The first-order valence-corrected chi connectivity index (χ1v) is 5.57. The van der Waals surface area contributed by atoms with Gasteiger partial charge >= 0.3 is 0 Å². The van der Waals surface area contributed by atoms with Crippen molar-refractivity contribution in [3.05, 3.63) is 64.6 Å². The Hall–Kier alpha value is -2.93. The number of nitro benzene ring substituents is 1. The molecular formula is C13H10N2O5. The van der Waals surface area contributed by atoms with Crippen LogP contribution in [0.5, 0.6) is 0 Å². The van der Waals surface area contributed by atoms with Crippen LogP contribution in [0, 0.1) is 10.1 Å². The summed E-state index contributed by atoms with van der Waals surface area (Å²) < 4.78 is 5.00. The Kier molecular flexibility index (Phi) is 3.92. The van der Waals surface area contributed by atoms with Crippen molar-refractivity contribution < 1.29 is 19.3 Å². The van der Waals surface area contributed by atoms with Gasteiger partial charge in [-0.3, -0.25) is 20.1 Å². The molecule has 0 spiro atoms. The molecule has 1 N–H and O–H groups in total. The van der Waals surface area contributed by atoms with E-state index < -0.39 is 10.8 Å². The summed E-state index contributed by atoms with van der Waals surface area (Å²) in [6.45, 7) is 0. The molecule has 0 unspecified atom stereocenters. The molecule has 0 saturated carbocycles. The molecule has 20 heavy (non-hydrogen) atoms. The van der Waals surface area contributed by atoms with Crippen molar-refractivity contribution in [1.29, 1.82) is 0 Å². The van der Waals surface area contributed by atoms with E-state index in [0.717, 1.165) is 6.08 Å². The van der Waals surface area contributed by atoms with E-state index in [-0.39, 0.29) is 11.4 Å². The minimum atomic E-state index is -0.699. The van der Waals surface area contributed by atoms with Gasteiger partial charge in [-0.05, 0) is 30.3 Å². The lowest BCUT2D eigenvalue weighted by atomic mass is 10.2. The molecule has 0 bridgehead atoms. The number of hydroxylamine groups is 1. The number of non-ortho nitro benzene ring substituents is 1. The molecule has 1 amide bonds. The third kappa shape index (κ3) is 3.09. The van der Waals surface area contributed by atoms with Gasteiger partial charge in [0.25, 0.3) is 11.6 Å². The highest BCUT2D eigenvalue weighted by molar-refractivity contribution is 6.01. The normalized spacial score (nSPS) is 10.7. The molecule has 7 nitrogen and oxygen atoms in total. The summed E-state index contributed by atoms with van der Waals surface area (Å²) in [5, 5.41) is 20.6. The second-order valence-corrected chi connectivity index (χ2v) is 3.77. The lowest BCUT2D eigenvalue weighted by Crippen LogP contribution is -2.24. The molecule has 0 saturated heterocycles. The summed E-state index contributed by atoms with van der Waals surface area (Å²) in [5.41, 5.74) is 0.00502. The minimum Gasteiger partial charge on any atom is -0.465 e. The fourth-order valence-electron chi connectivity index (χ4n) is 1.45. The number of nitro groups is 1. The molecule has 0 radical (unpaired) electrons. The lowest BCUT2D eigenvalue weighted by Gasteiger charge is -2.12. The molecule has 7 heteroatoms. The first kappa shape index (κ1) is 13.5. The van der Waals surface area contributed by atoms with E-state index in [9.17, 15) is 20.1 Å². The van der Waals surface area contributed by atoms with Crippen LogP contribution in [0.3, 0.4) is 0 Å². The Labute approximate surface area is 113 Å². The fourth-order valence-corrected chi connectivity index (χ4v) is 1.45. The standard InChI is InChI=1S/C13H10N2O5/c16-13(8-7-12-2-1-9-20-12)14(17)10-3-5-11(6-4-10)15(18)19/h1-9,17H. The van der Waals surface area contributed by atoms with Crippen molar-refractivity contribution >= 4 is 23.4 Å². The van der Waals surface area contributed by atoms with Crippen LogP contribution in [0.25, 0.3) is 6.08 Å². The lowest BCUT2D eigenvalue weighted by molar-refractivity contribution is -0.384. The van der Waals surface area contributed by atoms with Crippen molar-refractivity contribution in [2.75, 3.05) is 5.06 Å². The first-order chi connectivity index (χ1) is 9.58. The number of rotatable bonds is 4. The number of amides is 1. The summed E-state index contributed by atoms with van der Waals surface area (Å²) in [6, 6.07) is 8.26. The van der Waals surface area contributed by atoms with Crippen LogP contribution in [-0.4, -0.2) is 16.0 Å². The monoisotopic (exact) mass is 274 g/mol. The van der Waals surface area contributed by atoms with Gasteiger partial charge in [0.05, 0.1) is 16.9 Å². The van der Waals surface area contributed by atoms with Crippen molar-refractivity contribution in [1.82, 2.24) is 0 Å². The second kappa shape index (κ2) is 5.81. The molecule has 1 aromatic carbocycles. The average Bonchev–Trinajstić information content (AvgIpc) is 2.97. The number of carbonyl (C=O) groups is 1. The third-order valence-electron chi connectivity index (χ3n) is 2.45. The van der Waals surface area contributed by atoms with E-state index >= 15 is 0 Å². The van der Waals surface area contributed by atoms with E-state index in [1.165, 1.54) is 36.6 Å². The van der Waals surface area contributed by atoms with Gasteiger partial charge in [0, 0.05) is 18.2 Å². The maximum Gasteiger partial charge on any atom is 0.274 e. The highest BCUT2D eigenvalue weighted by atomic mass is 16.6. The molecule has 0 aliphatic carbocycles. The van der Waals surface area contributed by atoms with Crippen LogP contribution in [0.2, 0.25) is 0 Å². The van der Waals surface area contributed by atoms with Crippen LogP contribution in [0.15, 0.2) is 53.2 Å². The molecule has 2 rings (SSSR count). The van der Waals surface area contributed by atoms with E-state index in [1.54, 1.807) is 12.1 Å². The smallest absolute Gasteiger partial charge is 0.274 e. The maximum atomic E-state index is 11.7. The van der Waals surface area contributed by atoms with Gasteiger partial charge in [0.1, 0.15) is 5.76 Å². The van der Waals surface area contributed by atoms with Crippen molar-refractivity contribution in [3.8, 4) is 0 Å². The molecule has 102 valence electrons. The zero-order chi connectivity index (χ0) is 14.5. The van der Waals surface area contributed by atoms with E-state index in [4.69, 9.17) is 4.42 Å². The van der Waals surface area contributed by atoms with Gasteiger partial charge in [0.2, 0.25) is 0 Å². The zero-order valence-corrected chi connectivity index (χ0v) is 10.2. The SMILES string of the molecule is O=C(C=Cc1ccco1)N(O)c1ccc([N+](=O)[O-])cc1. The Morgan fingerprint density at radius 1 is 1.30 bits per heavy atom. The molecule has 0 aliphatic heterocycles. The number of benzene rings is 1. The van der Waals surface area contributed by atoms with Gasteiger partial charge in [0.15, 0.2) is 0 Å². The molecule has 0 atom stereocenters. The Bertz CT molecular complexity index is 631. The van der Waals surface area contributed by atoms with Gasteiger partial charge in [-0.1, -0.05) is 0 Å². The molecule has 2 aromatic rings. The Morgan fingerprint density at radius 2 is 2.00 bits per heavy atom. The zero-order valence-electron chi connectivity index (χ0n) is 10.2. The minimum absolute atomic E-state index is 0.124. The summed E-state index contributed by atoms with van der Waals surface area (Å²) in [5.74, 6) is -0.231. The van der Waals surface area contributed by atoms with E-state index in [2.05, 4.69) is 0 Å². The van der Waals surface area contributed by atoms with Gasteiger partial charge in [-0.15, -0.1) is 0 Å². The van der Waals surface area contributed by atoms with Crippen molar-refractivity contribution in [2.45, 2.75) is 0 Å². The summed E-state index contributed by atoms with van der Waals surface area (Å²) in [4.78, 5) is 21.6. The van der Waals surface area contributed by atoms with Crippen LogP contribution in [0.4, 0.5) is 11.4 Å². The molecule has 1 aromatic heterocycles. The highest BCUT2D eigenvalue weighted by Gasteiger charge is 2.12. The summed E-state index contributed by atoms with van der Waals surface area (Å²) in [6.07, 6.45) is 3.98. The molecule has 0 aliphatic rings. The summed E-state index contributed by atoms with van der Waals surface area (Å²) >= 11 is 0. The largest absolute Gasteiger partial charge is 0.465 e. The van der Waals surface area contributed by atoms with Gasteiger partial charge in [-0.25, -0.2) is 0 Å². The van der Waals surface area contributed by atoms with Crippen LogP contribution in [-0.2, 0) is 4.79 Å². The number of hydrogen-bond acceptors (Lipinski definition) is 5.